The summed E-state index contributed by atoms with van der Waals surface area (Å²) in [6, 6.07) is 0. The van der Waals surface area contributed by atoms with Crippen LogP contribution >= 0.6 is 0 Å². The summed E-state index contributed by atoms with van der Waals surface area (Å²) in [7, 11) is 1.87. The van der Waals surface area contributed by atoms with Crippen molar-refractivity contribution in [1.82, 2.24) is 5.32 Å². The van der Waals surface area contributed by atoms with Gasteiger partial charge in [-0.05, 0) is 12.8 Å². The molecule has 0 aromatic heterocycles. The SMILES string of the molecule is CN/C(=C\N=N)C1CC1. The third-order valence-electron chi connectivity index (χ3n) is 1.51. The molecule has 0 unspecified atom stereocenters. The van der Waals surface area contributed by atoms with Crippen LogP contribution in [0.1, 0.15) is 12.8 Å². The van der Waals surface area contributed by atoms with Crippen LogP contribution in [-0.2, 0) is 0 Å². The number of nitrogens with one attached hydrogen (secondary N) is 2. The van der Waals surface area contributed by atoms with E-state index >= 15 is 0 Å². The number of hydrogen-bond acceptors (Lipinski definition) is 3. The van der Waals surface area contributed by atoms with Gasteiger partial charge in [-0.1, -0.05) is 0 Å². The Balaban J connectivity index is 2.46. The summed E-state index contributed by atoms with van der Waals surface area (Å²) < 4.78 is 0. The Labute approximate surface area is 54.7 Å². The molecular weight excluding hydrogens is 114 g/mol. The molecular formula is C6H11N3. The van der Waals surface area contributed by atoms with Crippen molar-refractivity contribution in [1.29, 1.82) is 5.53 Å². The lowest BCUT2D eigenvalue weighted by Crippen LogP contribution is -2.06. The first-order valence-corrected chi connectivity index (χ1v) is 3.13. The van der Waals surface area contributed by atoms with E-state index < -0.39 is 0 Å². The molecule has 0 aromatic rings. The first kappa shape index (κ1) is 6.26. The lowest BCUT2D eigenvalue weighted by molar-refractivity contribution is 0.833. The van der Waals surface area contributed by atoms with Gasteiger partial charge < -0.3 is 5.32 Å². The molecule has 0 saturated heterocycles. The number of rotatable bonds is 3. The van der Waals surface area contributed by atoms with E-state index in [2.05, 4.69) is 10.4 Å². The Morgan fingerprint density at radius 1 is 1.78 bits per heavy atom. The van der Waals surface area contributed by atoms with E-state index in [1.54, 1.807) is 6.20 Å². The third kappa shape index (κ3) is 1.52. The van der Waals surface area contributed by atoms with E-state index in [0.29, 0.717) is 5.92 Å². The highest BCUT2D eigenvalue weighted by Crippen LogP contribution is 2.34. The molecule has 2 N–H and O–H groups in total. The van der Waals surface area contributed by atoms with E-state index in [0.717, 1.165) is 5.70 Å². The van der Waals surface area contributed by atoms with Gasteiger partial charge in [-0.25, -0.2) is 5.53 Å². The lowest BCUT2D eigenvalue weighted by atomic mass is 10.3. The second kappa shape index (κ2) is 2.62. The molecule has 0 atom stereocenters. The summed E-state index contributed by atoms with van der Waals surface area (Å²) in [6.45, 7) is 0. The van der Waals surface area contributed by atoms with Crippen LogP contribution in [0.15, 0.2) is 17.0 Å². The molecule has 9 heavy (non-hydrogen) atoms. The van der Waals surface area contributed by atoms with Crippen LogP contribution in [0.3, 0.4) is 0 Å². The van der Waals surface area contributed by atoms with Gasteiger partial charge in [-0.15, -0.1) is 0 Å². The monoisotopic (exact) mass is 125 g/mol. The van der Waals surface area contributed by atoms with Gasteiger partial charge in [0.1, 0.15) is 0 Å². The van der Waals surface area contributed by atoms with Crippen LogP contribution in [0.25, 0.3) is 0 Å². The van der Waals surface area contributed by atoms with Crippen molar-refractivity contribution >= 4 is 0 Å². The molecule has 1 rings (SSSR count). The molecule has 1 saturated carbocycles. The minimum atomic E-state index is 0.670. The summed E-state index contributed by atoms with van der Waals surface area (Å²) in [4.78, 5) is 0. The molecule has 0 spiro atoms. The maximum Gasteiger partial charge on any atom is 0.0680 e. The molecule has 0 radical (unpaired) electrons. The minimum absolute atomic E-state index is 0.670. The molecule has 1 aliphatic rings. The third-order valence-corrected chi connectivity index (χ3v) is 1.51. The van der Waals surface area contributed by atoms with E-state index in [4.69, 9.17) is 5.53 Å². The molecule has 0 amide bonds. The summed E-state index contributed by atoms with van der Waals surface area (Å²) in [5, 5.41) is 6.21. The van der Waals surface area contributed by atoms with Crippen molar-refractivity contribution < 1.29 is 0 Å². The number of nitrogens with zero attached hydrogens (tertiary/aromatic N) is 1. The summed E-state index contributed by atoms with van der Waals surface area (Å²) in [5.74, 6) is 0.670. The smallest absolute Gasteiger partial charge is 0.0680 e. The fraction of sp³-hybridized carbons (Fsp3) is 0.667. The van der Waals surface area contributed by atoms with Crippen molar-refractivity contribution in [3.8, 4) is 0 Å². The summed E-state index contributed by atoms with van der Waals surface area (Å²) in [6.07, 6.45) is 4.09. The fourth-order valence-corrected chi connectivity index (χ4v) is 0.838. The van der Waals surface area contributed by atoms with Gasteiger partial charge in [0.2, 0.25) is 0 Å². The first-order chi connectivity index (χ1) is 4.38. The van der Waals surface area contributed by atoms with Crippen LogP contribution in [-0.4, -0.2) is 7.05 Å². The number of hydrogen-bond donors (Lipinski definition) is 2. The molecule has 3 heteroatoms. The lowest BCUT2D eigenvalue weighted by Gasteiger charge is -1.99. The zero-order chi connectivity index (χ0) is 6.69. The van der Waals surface area contributed by atoms with Crippen LogP contribution in [0, 0.1) is 11.4 Å². The molecule has 0 bridgehead atoms. The highest BCUT2D eigenvalue weighted by Gasteiger charge is 2.24. The topological polar surface area (TPSA) is 48.2 Å². The number of allylic oxidation sites excluding steroid dienone is 1. The highest BCUT2D eigenvalue weighted by molar-refractivity contribution is 5.08. The summed E-state index contributed by atoms with van der Waals surface area (Å²) in [5.41, 5.74) is 7.67. The zero-order valence-corrected chi connectivity index (χ0v) is 5.52. The van der Waals surface area contributed by atoms with Gasteiger partial charge in [-0.3, -0.25) is 0 Å². The van der Waals surface area contributed by atoms with Crippen molar-refractivity contribution in [3.05, 3.63) is 11.9 Å². The van der Waals surface area contributed by atoms with Crippen molar-refractivity contribution in [3.63, 3.8) is 0 Å². The molecule has 1 fully saturated rings. The Morgan fingerprint density at radius 3 is 2.78 bits per heavy atom. The van der Waals surface area contributed by atoms with Gasteiger partial charge in [0.05, 0.1) is 6.20 Å². The van der Waals surface area contributed by atoms with E-state index in [9.17, 15) is 0 Å². The van der Waals surface area contributed by atoms with Crippen molar-refractivity contribution in [2.75, 3.05) is 7.05 Å². The largest absolute Gasteiger partial charge is 0.390 e. The molecule has 0 heterocycles. The Morgan fingerprint density at radius 2 is 2.44 bits per heavy atom. The predicted molar refractivity (Wildman–Crippen MR) is 35.0 cm³/mol. The van der Waals surface area contributed by atoms with Gasteiger partial charge >= 0.3 is 0 Å². The maximum atomic E-state index is 6.57. The first-order valence-electron chi connectivity index (χ1n) is 3.13. The Bertz CT molecular complexity index is 135. The molecule has 3 nitrogen and oxygen atoms in total. The second-order valence-corrected chi connectivity index (χ2v) is 2.24. The van der Waals surface area contributed by atoms with E-state index in [1.807, 2.05) is 7.05 Å². The highest BCUT2D eigenvalue weighted by atomic mass is 15.0. The minimum Gasteiger partial charge on any atom is -0.390 e. The fourth-order valence-electron chi connectivity index (χ4n) is 0.838. The second-order valence-electron chi connectivity index (χ2n) is 2.24. The molecule has 0 aromatic carbocycles. The molecule has 0 aliphatic heterocycles. The average Bonchev–Trinajstić information content (AvgIpc) is 2.64. The van der Waals surface area contributed by atoms with Gasteiger partial charge in [0.15, 0.2) is 0 Å². The van der Waals surface area contributed by atoms with Gasteiger partial charge in [0.25, 0.3) is 0 Å². The molecule has 50 valence electrons. The van der Waals surface area contributed by atoms with Crippen LogP contribution in [0.2, 0.25) is 0 Å². The van der Waals surface area contributed by atoms with Gasteiger partial charge in [-0.2, -0.15) is 5.11 Å². The predicted octanol–water partition coefficient (Wildman–Crippen LogP) is 1.49. The maximum absolute atomic E-state index is 6.57. The van der Waals surface area contributed by atoms with E-state index in [1.165, 1.54) is 12.8 Å². The molecule has 1 aliphatic carbocycles. The van der Waals surface area contributed by atoms with Crippen LogP contribution in [0.5, 0.6) is 0 Å². The summed E-state index contributed by atoms with van der Waals surface area (Å²) >= 11 is 0. The Hall–Kier alpha value is -0.860. The normalized spacial score (nSPS) is 19.4. The average molecular weight is 125 g/mol. The van der Waals surface area contributed by atoms with Crippen molar-refractivity contribution in [2.24, 2.45) is 11.0 Å². The quantitative estimate of drug-likeness (QED) is 0.551. The van der Waals surface area contributed by atoms with E-state index in [-0.39, 0.29) is 0 Å². The van der Waals surface area contributed by atoms with Gasteiger partial charge in [0, 0.05) is 18.7 Å². The Kier molecular flexibility index (Phi) is 1.82. The van der Waals surface area contributed by atoms with Crippen LogP contribution in [0.4, 0.5) is 0 Å². The van der Waals surface area contributed by atoms with Crippen LogP contribution < -0.4 is 5.32 Å². The zero-order valence-electron chi connectivity index (χ0n) is 5.52. The van der Waals surface area contributed by atoms with Crippen molar-refractivity contribution in [2.45, 2.75) is 12.8 Å². The standard InChI is InChI=1S/C6H11N3/c1-8-6(4-9-7)5-2-3-5/h4-5,7-8H,2-3H2,1H3/b6-4-,9-7?.